The van der Waals surface area contributed by atoms with Crippen LogP contribution in [0.3, 0.4) is 0 Å². The van der Waals surface area contributed by atoms with Crippen molar-refractivity contribution >= 4 is 17.3 Å². The largest absolute Gasteiger partial charge is 0.367 e. The number of carbonyl (C=O) groups excluding carboxylic acids is 1. The average molecular weight is 339 g/mol. The van der Waals surface area contributed by atoms with E-state index in [1.54, 1.807) is 6.92 Å². The van der Waals surface area contributed by atoms with E-state index in [1.165, 1.54) is 29.4 Å². The Kier molecular flexibility index (Phi) is 4.70. The van der Waals surface area contributed by atoms with Gasteiger partial charge < -0.3 is 10.2 Å². The Labute approximate surface area is 146 Å². The molecule has 3 rings (SSSR count). The lowest BCUT2D eigenvalue weighted by molar-refractivity contribution is -0.384. The van der Waals surface area contributed by atoms with Gasteiger partial charge in [0.05, 0.1) is 4.92 Å². The summed E-state index contributed by atoms with van der Waals surface area (Å²) in [5.74, 6) is -0.201. The number of nitrogens with one attached hydrogen (secondary N) is 1. The maximum atomic E-state index is 12.3. The Morgan fingerprint density at radius 1 is 1.32 bits per heavy atom. The lowest BCUT2D eigenvalue weighted by Gasteiger charge is -2.25. The van der Waals surface area contributed by atoms with Gasteiger partial charge in [0, 0.05) is 42.5 Å². The van der Waals surface area contributed by atoms with Gasteiger partial charge in [0.15, 0.2) is 0 Å². The van der Waals surface area contributed by atoms with Crippen molar-refractivity contribution in [3.8, 4) is 0 Å². The molecule has 1 amide bonds. The molecule has 0 spiro atoms. The van der Waals surface area contributed by atoms with Crippen molar-refractivity contribution in [3.05, 3.63) is 69.3 Å². The summed E-state index contributed by atoms with van der Waals surface area (Å²) in [4.78, 5) is 25.0. The molecular formula is C19H21N3O3. The fraction of sp³-hybridized carbons (Fsp3) is 0.316. The minimum atomic E-state index is -0.457. The zero-order valence-corrected chi connectivity index (χ0v) is 14.4. The molecule has 6 heteroatoms. The number of non-ortho nitro benzene ring substituents is 1. The first-order valence-electron chi connectivity index (χ1n) is 8.35. The molecule has 0 aromatic heterocycles. The number of fused-ring (bicyclic) bond motifs is 1. The molecule has 0 fully saturated rings. The number of rotatable bonds is 5. The third-order valence-electron chi connectivity index (χ3n) is 4.65. The zero-order valence-electron chi connectivity index (χ0n) is 14.4. The number of aryl methyl sites for hydroxylation is 1. The lowest BCUT2D eigenvalue weighted by atomic mass is 10.1. The molecule has 2 aromatic rings. The van der Waals surface area contributed by atoms with Crippen molar-refractivity contribution in [1.82, 2.24) is 5.32 Å². The maximum absolute atomic E-state index is 12.3. The van der Waals surface area contributed by atoms with Crippen LogP contribution in [0.1, 0.15) is 28.4 Å². The lowest BCUT2D eigenvalue weighted by Crippen LogP contribution is -2.38. The quantitative estimate of drug-likeness (QED) is 0.671. The molecule has 0 aliphatic carbocycles. The minimum absolute atomic E-state index is 0.00320. The SMILES string of the molecule is Cc1cc([N+](=O)[O-])ccc1C(=O)NCCN1c2ccccc2CC1C. The summed E-state index contributed by atoms with van der Waals surface area (Å²) in [6.45, 7) is 5.15. The van der Waals surface area contributed by atoms with Gasteiger partial charge in [-0.15, -0.1) is 0 Å². The maximum Gasteiger partial charge on any atom is 0.269 e. The van der Waals surface area contributed by atoms with Crippen LogP contribution in [0.25, 0.3) is 0 Å². The summed E-state index contributed by atoms with van der Waals surface area (Å²) in [5, 5.41) is 13.7. The van der Waals surface area contributed by atoms with Crippen molar-refractivity contribution < 1.29 is 9.72 Å². The molecule has 0 bridgehead atoms. The van der Waals surface area contributed by atoms with Crippen LogP contribution in [0.4, 0.5) is 11.4 Å². The molecule has 25 heavy (non-hydrogen) atoms. The molecule has 0 saturated heterocycles. The second kappa shape index (κ2) is 6.93. The Morgan fingerprint density at radius 3 is 2.80 bits per heavy atom. The molecule has 1 atom stereocenters. The van der Waals surface area contributed by atoms with Gasteiger partial charge in [0.2, 0.25) is 0 Å². The molecule has 1 N–H and O–H groups in total. The first kappa shape index (κ1) is 17.0. The van der Waals surface area contributed by atoms with Crippen LogP contribution < -0.4 is 10.2 Å². The Morgan fingerprint density at radius 2 is 2.08 bits per heavy atom. The summed E-state index contributed by atoms with van der Waals surface area (Å²) in [5.41, 5.74) is 3.65. The highest BCUT2D eigenvalue weighted by atomic mass is 16.6. The highest BCUT2D eigenvalue weighted by Gasteiger charge is 2.25. The summed E-state index contributed by atoms with van der Waals surface area (Å²) >= 11 is 0. The number of carbonyl (C=O) groups is 1. The molecule has 0 saturated carbocycles. The van der Waals surface area contributed by atoms with E-state index in [2.05, 4.69) is 29.3 Å². The summed E-state index contributed by atoms with van der Waals surface area (Å²) in [6.07, 6.45) is 1.02. The smallest absolute Gasteiger partial charge is 0.269 e. The second-order valence-corrected chi connectivity index (χ2v) is 6.39. The zero-order chi connectivity index (χ0) is 18.0. The normalized spacial score (nSPS) is 15.8. The molecule has 1 heterocycles. The molecule has 6 nitrogen and oxygen atoms in total. The van der Waals surface area contributed by atoms with Crippen LogP contribution in [0, 0.1) is 17.0 Å². The van der Waals surface area contributed by atoms with Crippen molar-refractivity contribution in [3.63, 3.8) is 0 Å². The van der Waals surface area contributed by atoms with Gasteiger partial charge in [-0.25, -0.2) is 0 Å². The standard InChI is InChI=1S/C19H21N3O3/c1-13-11-16(22(24)25)7-8-17(13)19(23)20-9-10-21-14(2)12-15-5-3-4-6-18(15)21/h3-8,11,14H,9-10,12H2,1-2H3,(H,20,23). The highest BCUT2D eigenvalue weighted by Crippen LogP contribution is 2.31. The fourth-order valence-electron chi connectivity index (χ4n) is 3.37. The Balaban J connectivity index is 1.61. The van der Waals surface area contributed by atoms with Gasteiger partial charge in [-0.2, -0.15) is 0 Å². The first-order valence-corrected chi connectivity index (χ1v) is 8.35. The second-order valence-electron chi connectivity index (χ2n) is 6.39. The van der Waals surface area contributed by atoms with E-state index in [-0.39, 0.29) is 11.6 Å². The van der Waals surface area contributed by atoms with Crippen LogP contribution in [0.15, 0.2) is 42.5 Å². The fourth-order valence-corrected chi connectivity index (χ4v) is 3.37. The molecule has 1 aliphatic heterocycles. The third-order valence-corrected chi connectivity index (χ3v) is 4.65. The van der Waals surface area contributed by atoms with E-state index in [9.17, 15) is 14.9 Å². The Hall–Kier alpha value is -2.89. The first-order chi connectivity index (χ1) is 12.0. The number of nitrogens with zero attached hydrogens (tertiary/aromatic N) is 2. The van der Waals surface area contributed by atoms with Gasteiger partial charge >= 0.3 is 0 Å². The van der Waals surface area contributed by atoms with E-state index >= 15 is 0 Å². The van der Waals surface area contributed by atoms with E-state index in [0.717, 1.165) is 13.0 Å². The van der Waals surface area contributed by atoms with E-state index in [0.29, 0.717) is 23.7 Å². The third kappa shape index (κ3) is 3.47. The minimum Gasteiger partial charge on any atom is -0.367 e. The summed E-state index contributed by atoms with van der Waals surface area (Å²) in [6, 6.07) is 13.0. The van der Waals surface area contributed by atoms with Gasteiger partial charge in [-0.1, -0.05) is 18.2 Å². The van der Waals surface area contributed by atoms with Gasteiger partial charge in [0.1, 0.15) is 0 Å². The predicted octanol–water partition coefficient (Wildman–Crippen LogP) is 3.08. The van der Waals surface area contributed by atoms with Gasteiger partial charge in [-0.05, 0) is 43.5 Å². The number of anilines is 1. The van der Waals surface area contributed by atoms with Crippen molar-refractivity contribution in [2.45, 2.75) is 26.3 Å². The van der Waals surface area contributed by atoms with Gasteiger partial charge in [0.25, 0.3) is 11.6 Å². The van der Waals surface area contributed by atoms with Crippen LogP contribution in [-0.2, 0) is 6.42 Å². The van der Waals surface area contributed by atoms with Crippen LogP contribution in [0.2, 0.25) is 0 Å². The highest BCUT2D eigenvalue weighted by molar-refractivity contribution is 5.95. The summed E-state index contributed by atoms with van der Waals surface area (Å²) in [7, 11) is 0. The number of benzene rings is 2. The van der Waals surface area contributed by atoms with Crippen molar-refractivity contribution in [1.29, 1.82) is 0 Å². The van der Waals surface area contributed by atoms with Crippen LogP contribution in [0.5, 0.6) is 0 Å². The Bertz CT molecular complexity index is 819. The average Bonchev–Trinajstić information content (AvgIpc) is 2.90. The number of nitro groups is 1. The topological polar surface area (TPSA) is 75.5 Å². The van der Waals surface area contributed by atoms with Gasteiger partial charge in [-0.3, -0.25) is 14.9 Å². The number of nitro benzene ring substituents is 1. The number of para-hydroxylation sites is 1. The van der Waals surface area contributed by atoms with E-state index in [1.807, 2.05) is 12.1 Å². The molecule has 1 unspecified atom stereocenters. The van der Waals surface area contributed by atoms with E-state index in [4.69, 9.17) is 0 Å². The molecule has 1 aliphatic rings. The molecule has 130 valence electrons. The molecular weight excluding hydrogens is 318 g/mol. The monoisotopic (exact) mass is 339 g/mol. The van der Waals surface area contributed by atoms with Crippen LogP contribution >= 0.6 is 0 Å². The van der Waals surface area contributed by atoms with Crippen LogP contribution in [-0.4, -0.2) is 30.0 Å². The number of hydrogen-bond donors (Lipinski definition) is 1. The number of amides is 1. The molecule has 2 aromatic carbocycles. The van der Waals surface area contributed by atoms with Crippen molar-refractivity contribution in [2.24, 2.45) is 0 Å². The molecule has 0 radical (unpaired) electrons. The predicted molar refractivity (Wildman–Crippen MR) is 97.1 cm³/mol. The van der Waals surface area contributed by atoms with E-state index < -0.39 is 4.92 Å². The summed E-state index contributed by atoms with van der Waals surface area (Å²) < 4.78 is 0. The number of hydrogen-bond acceptors (Lipinski definition) is 4. The van der Waals surface area contributed by atoms with Crippen molar-refractivity contribution in [2.75, 3.05) is 18.0 Å².